The second-order valence-electron chi connectivity index (χ2n) is 6.01. The first-order chi connectivity index (χ1) is 13.8. The molecule has 10 heteroatoms. The van der Waals surface area contributed by atoms with Crippen LogP contribution in [0.1, 0.15) is 27.4 Å². The maximum Gasteiger partial charge on any atom is 0.271 e. The van der Waals surface area contributed by atoms with Crippen LogP contribution in [0.5, 0.6) is 11.5 Å². The van der Waals surface area contributed by atoms with Gasteiger partial charge in [-0.05, 0) is 36.8 Å². The Morgan fingerprint density at radius 2 is 2.14 bits per heavy atom. The summed E-state index contributed by atoms with van der Waals surface area (Å²) in [4.78, 5) is 18.9. The number of carbonyl (C=O) groups excluding carboxylic acids is 1. The number of imidazole rings is 1. The van der Waals surface area contributed by atoms with E-state index < -0.39 is 11.7 Å². The molecule has 0 aliphatic heterocycles. The second kappa shape index (κ2) is 8.56. The van der Waals surface area contributed by atoms with Gasteiger partial charge in [0.1, 0.15) is 25.1 Å². The zero-order valence-corrected chi connectivity index (χ0v) is 16.5. The summed E-state index contributed by atoms with van der Waals surface area (Å²) in [6, 6.07) is 9.06. The average molecular weight is 429 g/mol. The van der Waals surface area contributed by atoms with Crippen LogP contribution in [0.25, 0.3) is 0 Å². The van der Waals surface area contributed by atoms with Crippen LogP contribution in [0, 0.1) is 24.1 Å². The van der Waals surface area contributed by atoms with Crippen molar-refractivity contribution in [1.29, 1.82) is 5.26 Å². The van der Waals surface area contributed by atoms with Crippen molar-refractivity contribution in [3.05, 3.63) is 68.8 Å². The van der Waals surface area contributed by atoms with Gasteiger partial charge in [0, 0.05) is 17.1 Å². The summed E-state index contributed by atoms with van der Waals surface area (Å²) in [7, 11) is 5.68. The van der Waals surface area contributed by atoms with E-state index in [1.807, 2.05) is 6.07 Å². The molecule has 3 aromatic rings. The smallest absolute Gasteiger partial charge is 0.271 e. The molecule has 6 nitrogen and oxygen atoms in total. The summed E-state index contributed by atoms with van der Waals surface area (Å²) in [6.07, 6.45) is 0. The third-order valence-electron chi connectivity index (χ3n) is 3.85. The lowest BCUT2D eigenvalue weighted by atomic mass is 10.0. The van der Waals surface area contributed by atoms with Gasteiger partial charge in [0.15, 0.2) is 11.6 Å². The molecule has 1 aromatic heterocycles. The number of nitrogens with one attached hydrogen (secondary N) is 2. The van der Waals surface area contributed by atoms with Crippen LogP contribution in [0.15, 0.2) is 30.3 Å². The molecule has 0 aliphatic carbocycles. The quantitative estimate of drug-likeness (QED) is 0.608. The number of hydrogen-bond donors (Lipinski definition) is 2. The highest BCUT2D eigenvalue weighted by Gasteiger charge is 2.18. The molecule has 2 radical (unpaired) electrons. The first-order valence-corrected chi connectivity index (χ1v) is 8.99. The highest BCUT2D eigenvalue weighted by molar-refractivity contribution is 6.34. The standard InChI is InChI=1S/C19H12BCl2FN4O2/c1-9-26-16(18(20)27-9)19(28)25-8-11-2-3-14(22)17(15(11)23)29-13-5-10(7-24)4-12(21)6-13/h2-6H,8H2,1H3,(H,25,28)(H,26,27). The van der Waals surface area contributed by atoms with Gasteiger partial charge in [-0.25, -0.2) is 9.37 Å². The molecule has 0 saturated heterocycles. The minimum absolute atomic E-state index is 0.0169. The van der Waals surface area contributed by atoms with Gasteiger partial charge in [-0.2, -0.15) is 5.26 Å². The van der Waals surface area contributed by atoms with Gasteiger partial charge in [0.05, 0.1) is 16.7 Å². The fourth-order valence-corrected chi connectivity index (χ4v) is 2.96. The highest BCUT2D eigenvalue weighted by Crippen LogP contribution is 2.35. The fraction of sp³-hybridized carbons (Fsp3) is 0.105. The molecule has 29 heavy (non-hydrogen) atoms. The predicted molar refractivity (Wildman–Crippen MR) is 108 cm³/mol. The summed E-state index contributed by atoms with van der Waals surface area (Å²) in [5, 5.41) is 11.8. The number of rotatable bonds is 5. The van der Waals surface area contributed by atoms with E-state index in [4.69, 9.17) is 41.0 Å². The van der Waals surface area contributed by atoms with E-state index >= 15 is 0 Å². The SMILES string of the molecule is [B]c1[nH]c(C)nc1C(=O)NCc1ccc(Cl)c(Oc2cc(Cl)cc(C#N)c2)c1F. The number of amides is 1. The van der Waals surface area contributed by atoms with Crippen molar-refractivity contribution in [3.8, 4) is 17.6 Å². The van der Waals surface area contributed by atoms with Gasteiger partial charge in [-0.3, -0.25) is 4.79 Å². The largest absolute Gasteiger partial charge is 0.453 e. The first-order valence-electron chi connectivity index (χ1n) is 8.24. The fourth-order valence-electron chi connectivity index (χ4n) is 2.55. The maximum atomic E-state index is 14.9. The molecule has 0 aliphatic rings. The lowest BCUT2D eigenvalue weighted by Gasteiger charge is -2.13. The van der Waals surface area contributed by atoms with Crippen LogP contribution in [0.4, 0.5) is 4.39 Å². The molecule has 0 saturated carbocycles. The molecule has 144 valence electrons. The number of nitrogens with zero attached hydrogens (tertiary/aromatic N) is 2. The zero-order valence-electron chi connectivity index (χ0n) is 15.0. The van der Waals surface area contributed by atoms with E-state index in [1.54, 1.807) is 6.92 Å². The number of aromatic nitrogens is 2. The van der Waals surface area contributed by atoms with Crippen molar-refractivity contribution < 1.29 is 13.9 Å². The van der Waals surface area contributed by atoms with E-state index in [2.05, 4.69) is 15.3 Å². The van der Waals surface area contributed by atoms with Crippen LogP contribution >= 0.6 is 23.2 Å². The summed E-state index contributed by atoms with van der Waals surface area (Å²) < 4.78 is 20.5. The maximum absolute atomic E-state index is 14.9. The first kappa shape index (κ1) is 20.7. The minimum Gasteiger partial charge on any atom is -0.453 e. The summed E-state index contributed by atoms with van der Waals surface area (Å²) >= 11 is 12.0. The molecule has 0 spiro atoms. The number of benzene rings is 2. The Bertz CT molecular complexity index is 1140. The number of aromatic amines is 1. The Balaban J connectivity index is 1.82. The number of aryl methyl sites for hydroxylation is 1. The molecule has 0 bridgehead atoms. The van der Waals surface area contributed by atoms with Crippen LogP contribution in [-0.4, -0.2) is 23.7 Å². The van der Waals surface area contributed by atoms with E-state index in [0.29, 0.717) is 5.82 Å². The van der Waals surface area contributed by atoms with E-state index in [9.17, 15) is 9.18 Å². The Kier molecular flexibility index (Phi) is 6.11. The van der Waals surface area contributed by atoms with Gasteiger partial charge in [-0.1, -0.05) is 29.3 Å². The van der Waals surface area contributed by atoms with Gasteiger partial charge in [-0.15, -0.1) is 0 Å². The molecule has 2 N–H and O–H groups in total. The number of carbonyl (C=O) groups is 1. The minimum atomic E-state index is -0.762. The van der Waals surface area contributed by atoms with E-state index in [-0.39, 0.29) is 50.5 Å². The van der Waals surface area contributed by atoms with Gasteiger partial charge < -0.3 is 15.0 Å². The topological polar surface area (TPSA) is 90.8 Å². The number of ether oxygens (including phenoxy) is 1. The lowest BCUT2D eigenvalue weighted by molar-refractivity contribution is 0.0947. The summed E-state index contributed by atoms with van der Waals surface area (Å²) in [5.41, 5.74) is 0.525. The van der Waals surface area contributed by atoms with Crippen molar-refractivity contribution >= 4 is 42.5 Å². The third kappa shape index (κ3) is 4.70. The molecule has 2 aromatic carbocycles. The van der Waals surface area contributed by atoms with Crippen molar-refractivity contribution in [2.45, 2.75) is 13.5 Å². The number of hydrogen-bond acceptors (Lipinski definition) is 4. The molecule has 0 atom stereocenters. The van der Waals surface area contributed by atoms with Crippen molar-refractivity contribution in [3.63, 3.8) is 0 Å². The normalized spacial score (nSPS) is 10.4. The average Bonchev–Trinajstić information content (AvgIpc) is 3.02. The van der Waals surface area contributed by atoms with Crippen molar-refractivity contribution in [1.82, 2.24) is 15.3 Å². The Morgan fingerprint density at radius 1 is 1.38 bits per heavy atom. The van der Waals surface area contributed by atoms with Gasteiger partial charge >= 0.3 is 0 Å². The Labute approximate surface area is 177 Å². The number of halogens is 3. The summed E-state index contributed by atoms with van der Waals surface area (Å²) in [5.74, 6) is -0.936. The van der Waals surface area contributed by atoms with Crippen molar-refractivity contribution in [2.24, 2.45) is 0 Å². The molecule has 0 fully saturated rings. The Hall–Kier alpha value is -3.02. The van der Waals surface area contributed by atoms with Crippen LogP contribution in [0.3, 0.4) is 0 Å². The van der Waals surface area contributed by atoms with E-state index in [0.717, 1.165) is 0 Å². The molecule has 1 amide bonds. The van der Waals surface area contributed by atoms with Crippen molar-refractivity contribution in [2.75, 3.05) is 0 Å². The number of H-pyrrole nitrogens is 1. The monoisotopic (exact) mass is 428 g/mol. The Morgan fingerprint density at radius 3 is 2.79 bits per heavy atom. The van der Waals surface area contributed by atoms with Crippen LogP contribution < -0.4 is 15.6 Å². The number of nitriles is 1. The van der Waals surface area contributed by atoms with E-state index in [1.165, 1.54) is 30.3 Å². The molecule has 1 heterocycles. The highest BCUT2D eigenvalue weighted by atomic mass is 35.5. The second-order valence-corrected chi connectivity index (χ2v) is 6.85. The molecular weight excluding hydrogens is 417 g/mol. The third-order valence-corrected chi connectivity index (χ3v) is 4.37. The van der Waals surface area contributed by atoms with Crippen LogP contribution in [0.2, 0.25) is 10.0 Å². The van der Waals surface area contributed by atoms with Crippen LogP contribution in [-0.2, 0) is 6.54 Å². The summed E-state index contributed by atoms with van der Waals surface area (Å²) in [6.45, 7) is 1.51. The lowest BCUT2D eigenvalue weighted by Crippen LogP contribution is -2.28. The zero-order chi connectivity index (χ0) is 21.1. The molecule has 3 rings (SSSR count). The predicted octanol–water partition coefficient (Wildman–Crippen LogP) is 3.55. The van der Waals surface area contributed by atoms with Gasteiger partial charge in [0.25, 0.3) is 5.91 Å². The van der Waals surface area contributed by atoms with Gasteiger partial charge in [0.2, 0.25) is 0 Å². The molecule has 0 unspecified atom stereocenters. The molecular formula is C19H12BCl2FN4O2.